The molecule has 1 aromatic carbocycles. The monoisotopic (exact) mass is 417 g/mol. The average Bonchev–Trinajstić information content (AvgIpc) is 3.35. The maximum Gasteiger partial charge on any atom is 0.340 e. The van der Waals surface area contributed by atoms with Crippen LogP contribution in [0, 0.1) is 0 Å². The van der Waals surface area contributed by atoms with Crippen LogP contribution in [0.3, 0.4) is 0 Å². The van der Waals surface area contributed by atoms with E-state index in [4.69, 9.17) is 23.7 Å². The van der Waals surface area contributed by atoms with E-state index in [2.05, 4.69) is 0 Å². The molecular weight excluding hydrogens is 390 g/mol. The molecule has 3 rings (SSSR count). The molecule has 8 heteroatoms. The molecule has 1 amide bonds. The fraction of sp³-hybridized carbons (Fsp3) is 0.455. The number of methoxy groups -OCH3 is 4. The highest BCUT2D eigenvalue weighted by atomic mass is 16.5. The summed E-state index contributed by atoms with van der Waals surface area (Å²) in [4.78, 5) is 27.4. The fourth-order valence-electron chi connectivity index (χ4n) is 3.83. The molecule has 2 aliphatic rings. The van der Waals surface area contributed by atoms with E-state index >= 15 is 0 Å². The van der Waals surface area contributed by atoms with E-state index in [1.165, 1.54) is 28.4 Å². The molecule has 1 saturated heterocycles. The van der Waals surface area contributed by atoms with Gasteiger partial charge in [0, 0.05) is 17.9 Å². The maximum absolute atomic E-state index is 13.3. The predicted molar refractivity (Wildman–Crippen MR) is 109 cm³/mol. The van der Waals surface area contributed by atoms with Crippen LogP contribution in [0.5, 0.6) is 17.2 Å². The van der Waals surface area contributed by atoms with Crippen molar-refractivity contribution in [2.45, 2.75) is 25.9 Å². The summed E-state index contributed by atoms with van der Waals surface area (Å²) in [6, 6.07) is 3.46. The largest absolute Gasteiger partial charge is 0.493 e. The summed E-state index contributed by atoms with van der Waals surface area (Å²) in [5.74, 6) is 0.448. The number of carbonyl (C=O) groups excluding carboxylic acids is 2. The Morgan fingerprint density at radius 3 is 2.47 bits per heavy atom. The van der Waals surface area contributed by atoms with Gasteiger partial charge in [0.2, 0.25) is 5.75 Å². The lowest BCUT2D eigenvalue weighted by atomic mass is 10.0. The third-order valence-electron chi connectivity index (χ3n) is 5.35. The van der Waals surface area contributed by atoms with Gasteiger partial charge in [-0.05, 0) is 38.0 Å². The van der Waals surface area contributed by atoms with E-state index < -0.39 is 5.97 Å². The van der Waals surface area contributed by atoms with Crippen LogP contribution in [-0.4, -0.2) is 64.5 Å². The Morgan fingerprint density at radius 1 is 1.17 bits per heavy atom. The molecule has 30 heavy (non-hydrogen) atoms. The van der Waals surface area contributed by atoms with Crippen LogP contribution in [0.4, 0.5) is 0 Å². The van der Waals surface area contributed by atoms with Gasteiger partial charge < -0.3 is 28.6 Å². The van der Waals surface area contributed by atoms with Crippen molar-refractivity contribution in [2.75, 3.05) is 41.6 Å². The first-order valence-corrected chi connectivity index (χ1v) is 9.70. The Kier molecular flexibility index (Phi) is 6.66. The second kappa shape index (κ2) is 9.21. The molecule has 0 N–H and O–H groups in total. The van der Waals surface area contributed by atoms with Crippen LogP contribution in [-0.2, 0) is 19.1 Å². The fourth-order valence-corrected chi connectivity index (χ4v) is 3.83. The summed E-state index contributed by atoms with van der Waals surface area (Å²) in [6.45, 7) is 2.82. The Morgan fingerprint density at radius 2 is 1.90 bits per heavy atom. The molecule has 1 aromatic rings. The molecular formula is C22H27NO7. The SMILES string of the molecule is COC(=O)C1=C(C)N(C[C@H]2CCCO2)C(=O)/C1=C\c1ccc(OC)c(OC)c1OC. The van der Waals surface area contributed by atoms with Crippen molar-refractivity contribution in [1.82, 2.24) is 4.90 Å². The van der Waals surface area contributed by atoms with E-state index in [0.29, 0.717) is 41.7 Å². The van der Waals surface area contributed by atoms with Gasteiger partial charge in [0.25, 0.3) is 5.91 Å². The Hall–Kier alpha value is -3.00. The average molecular weight is 417 g/mol. The van der Waals surface area contributed by atoms with E-state index in [1.807, 2.05) is 0 Å². The number of rotatable bonds is 7. The Bertz CT molecular complexity index is 897. The third-order valence-corrected chi connectivity index (χ3v) is 5.35. The number of allylic oxidation sites excluding steroid dienone is 1. The zero-order chi connectivity index (χ0) is 21.8. The number of benzene rings is 1. The summed E-state index contributed by atoms with van der Waals surface area (Å²) in [5.41, 5.74) is 1.60. The Labute approximate surface area is 176 Å². The minimum absolute atomic E-state index is 0.0437. The highest BCUT2D eigenvalue weighted by Crippen LogP contribution is 2.42. The summed E-state index contributed by atoms with van der Waals surface area (Å²) in [7, 11) is 5.83. The number of nitrogens with zero attached hydrogens (tertiary/aromatic N) is 1. The molecule has 8 nitrogen and oxygen atoms in total. The van der Waals surface area contributed by atoms with Crippen molar-refractivity contribution in [3.8, 4) is 17.2 Å². The number of amides is 1. The van der Waals surface area contributed by atoms with Crippen molar-refractivity contribution < 1.29 is 33.3 Å². The van der Waals surface area contributed by atoms with E-state index in [9.17, 15) is 9.59 Å². The second-order valence-electron chi connectivity index (χ2n) is 6.98. The molecule has 1 atom stereocenters. The normalized spacial score (nSPS) is 20.2. The lowest BCUT2D eigenvalue weighted by Crippen LogP contribution is -2.33. The molecule has 0 radical (unpaired) electrons. The topological polar surface area (TPSA) is 83.5 Å². The zero-order valence-corrected chi connectivity index (χ0v) is 17.9. The van der Waals surface area contributed by atoms with Gasteiger partial charge in [0.1, 0.15) is 0 Å². The van der Waals surface area contributed by atoms with Crippen LogP contribution < -0.4 is 14.2 Å². The van der Waals surface area contributed by atoms with Crippen LogP contribution in [0.25, 0.3) is 6.08 Å². The molecule has 0 unspecified atom stereocenters. The lowest BCUT2D eigenvalue weighted by molar-refractivity contribution is -0.136. The van der Waals surface area contributed by atoms with Crippen molar-refractivity contribution in [3.05, 3.63) is 34.5 Å². The van der Waals surface area contributed by atoms with Crippen molar-refractivity contribution in [3.63, 3.8) is 0 Å². The molecule has 0 bridgehead atoms. The Balaban J connectivity index is 2.08. The number of esters is 1. The number of carbonyl (C=O) groups is 2. The molecule has 2 heterocycles. The lowest BCUT2D eigenvalue weighted by Gasteiger charge is -2.21. The number of ether oxygens (including phenoxy) is 5. The van der Waals surface area contributed by atoms with Gasteiger partial charge in [-0.15, -0.1) is 0 Å². The van der Waals surface area contributed by atoms with Crippen LogP contribution in [0.2, 0.25) is 0 Å². The van der Waals surface area contributed by atoms with Crippen molar-refractivity contribution in [2.24, 2.45) is 0 Å². The minimum atomic E-state index is -0.568. The van der Waals surface area contributed by atoms with Gasteiger partial charge in [-0.3, -0.25) is 4.79 Å². The number of hydrogen-bond acceptors (Lipinski definition) is 7. The molecule has 0 aromatic heterocycles. The summed E-state index contributed by atoms with van der Waals surface area (Å²) in [6.07, 6.45) is 3.42. The molecule has 0 aliphatic carbocycles. The first-order valence-electron chi connectivity index (χ1n) is 9.70. The second-order valence-corrected chi connectivity index (χ2v) is 6.98. The van der Waals surface area contributed by atoms with Gasteiger partial charge in [-0.2, -0.15) is 0 Å². The van der Waals surface area contributed by atoms with Crippen molar-refractivity contribution in [1.29, 1.82) is 0 Å². The predicted octanol–water partition coefficient (Wildman–Crippen LogP) is 2.56. The molecule has 2 aliphatic heterocycles. The van der Waals surface area contributed by atoms with E-state index in [0.717, 1.165) is 12.8 Å². The molecule has 0 saturated carbocycles. The van der Waals surface area contributed by atoms with E-state index in [-0.39, 0.29) is 23.2 Å². The summed E-state index contributed by atoms with van der Waals surface area (Å²) >= 11 is 0. The summed E-state index contributed by atoms with van der Waals surface area (Å²) in [5, 5.41) is 0. The highest BCUT2D eigenvalue weighted by Gasteiger charge is 2.38. The molecule has 0 spiro atoms. The van der Waals surface area contributed by atoms with Gasteiger partial charge in [-0.25, -0.2) is 4.79 Å². The van der Waals surface area contributed by atoms with Crippen LogP contribution in [0.15, 0.2) is 29.0 Å². The molecule has 162 valence electrons. The zero-order valence-electron chi connectivity index (χ0n) is 17.9. The first-order chi connectivity index (χ1) is 14.5. The standard InChI is InChI=1S/C22H27NO7/c1-13-18(22(25)29-5)16(21(24)23(13)12-15-7-6-10-30-15)11-14-8-9-17(26-2)20(28-4)19(14)27-3/h8-9,11,15H,6-7,10,12H2,1-5H3/b16-11-/t15-/m1/s1. The first kappa shape index (κ1) is 21.7. The van der Waals surface area contributed by atoms with Crippen molar-refractivity contribution >= 4 is 18.0 Å². The third kappa shape index (κ3) is 3.87. The van der Waals surface area contributed by atoms with Crippen LogP contribution >= 0.6 is 0 Å². The quantitative estimate of drug-likeness (QED) is 0.498. The van der Waals surface area contributed by atoms with Crippen LogP contribution in [0.1, 0.15) is 25.3 Å². The summed E-state index contributed by atoms with van der Waals surface area (Å²) < 4.78 is 26.9. The maximum atomic E-state index is 13.3. The highest BCUT2D eigenvalue weighted by molar-refractivity contribution is 6.16. The van der Waals surface area contributed by atoms with Gasteiger partial charge in [0.15, 0.2) is 11.5 Å². The van der Waals surface area contributed by atoms with Gasteiger partial charge >= 0.3 is 5.97 Å². The minimum Gasteiger partial charge on any atom is -0.493 e. The molecule has 1 fully saturated rings. The van der Waals surface area contributed by atoms with Gasteiger partial charge in [0.05, 0.1) is 52.2 Å². The number of hydrogen-bond donors (Lipinski definition) is 0. The van der Waals surface area contributed by atoms with E-state index in [1.54, 1.807) is 30.0 Å². The smallest absolute Gasteiger partial charge is 0.340 e. The van der Waals surface area contributed by atoms with Gasteiger partial charge in [-0.1, -0.05) is 0 Å².